The second-order valence-corrected chi connectivity index (χ2v) is 5.07. The largest absolute Gasteiger partial charge is 0.334 e. The molecule has 1 aliphatic heterocycles. The zero-order valence-electron chi connectivity index (χ0n) is 10.8. The predicted octanol–water partition coefficient (Wildman–Crippen LogP) is 1.07. The molecule has 0 bridgehead atoms. The Labute approximate surface area is 107 Å². The van der Waals surface area contributed by atoms with E-state index in [0.29, 0.717) is 6.04 Å². The van der Waals surface area contributed by atoms with Gasteiger partial charge in [-0.1, -0.05) is 6.07 Å². The fraction of sp³-hybridized carbons (Fsp3) is 0.500. The third kappa shape index (κ3) is 2.40. The van der Waals surface area contributed by atoms with Gasteiger partial charge in [0.25, 0.3) is 0 Å². The number of hydrogen-bond acceptors (Lipinski definition) is 3. The highest BCUT2D eigenvalue weighted by Crippen LogP contribution is 2.14. The van der Waals surface area contributed by atoms with E-state index >= 15 is 0 Å². The van der Waals surface area contributed by atoms with Crippen molar-refractivity contribution in [2.24, 2.45) is 7.05 Å². The van der Waals surface area contributed by atoms with Crippen molar-refractivity contribution in [2.45, 2.75) is 18.9 Å². The molecule has 96 valence electrons. The van der Waals surface area contributed by atoms with Crippen molar-refractivity contribution in [2.75, 3.05) is 19.6 Å². The van der Waals surface area contributed by atoms with Crippen LogP contribution in [0.15, 0.2) is 24.5 Å². The molecule has 1 aromatic heterocycles. The fourth-order valence-corrected chi connectivity index (χ4v) is 2.59. The van der Waals surface area contributed by atoms with E-state index in [1.54, 1.807) is 0 Å². The molecule has 1 saturated heterocycles. The maximum atomic E-state index is 4.40. The number of imidazole rings is 1. The predicted molar refractivity (Wildman–Crippen MR) is 73.7 cm³/mol. The third-order valence-electron chi connectivity index (χ3n) is 3.70. The molecule has 0 aliphatic carbocycles. The van der Waals surface area contributed by atoms with Crippen LogP contribution in [-0.2, 0) is 13.5 Å². The summed E-state index contributed by atoms with van der Waals surface area (Å²) in [7, 11) is 2.03. The van der Waals surface area contributed by atoms with E-state index in [9.17, 15) is 0 Å². The summed E-state index contributed by atoms with van der Waals surface area (Å²) in [5.41, 5.74) is 3.66. The Morgan fingerprint density at radius 2 is 2.44 bits per heavy atom. The summed E-state index contributed by atoms with van der Waals surface area (Å²) < 4.78 is 2.06. The van der Waals surface area contributed by atoms with Gasteiger partial charge in [-0.15, -0.1) is 0 Å². The second kappa shape index (κ2) is 5.08. The summed E-state index contributed by atoms with van der Waals surface area (Å²) in [6.07, 6.45) is 4.19. The van der Waals surface area contributed by atoms with Crippen LogP contribution >= 0.6 is 0 Å². The van der Waals surface area contributed by atoms with Crippen molar-refractivity contribution in [3.63, 3.8) is 0 Å². The standard InChI is InChI=1S/C14H20N4/c1-18-10-17-13-8-11(2-3-14(13)18)4-7-16-12-5-6-15-9-12/h2-3,8,10,12,15-16H,4-7,9H2,1H3. The number of nitrogens with one attached hydrogen (secondary N) is 2. The number of nitrogens with zero attached hydrogens (tertiary/aromatic N) is 2. The highest BCUT2D eigenvalue weighted by atomic mass is 15.0. The molecule has 1 aromatic carbocycles. The molecule has 0 amide bonds. The maximum Gasteiger partial charge on any atom is 0.0955 e. The van der Waals surface area contributed by atoms with Crippen LogP contribution in [0.2, 0.25) is 0 Å². The van der Waals surface area contributed by atoms with E-state index in [1.807, 2.05) is 13.4 Å². The van der Waals surface area contributed by atoms with Gasteiger partial charge in [-0.05, 0) is 43.6 Å². The molecule has 3 rings (SSSR count). The molecule has 18 heavy (non-hydrogen) atoms. The Hall–Kier alpha value is -1.39. The summed E-state index contributed by atoms with van der Waals surface area (Å²) in [4.78, 5) is 4.40. The molecule has 0 saturated carbocycles. The number of aryl methyl sites for hydroxylation is 1. The van der Waals surface area contributed by atoms with Crippen LogP contribution in [-0.4, -0.2) is 35.2 Å². The first-order chi connectivity index (χ1) is 8.83. The van der Waals surface area contributed by atoms with Crippen molar-refractivity contribution in [3.05, 3.63) is 30.1 Å². The second-order valence-electron chi connectivity index (χ2n) is 5.07. The average Bonchev–Trinajstić information content (AvgIpc) is 3.00. The number of aromatic nitrogens is 2. The van der Waals surface area contributed by atoms with Crippen molar-refractivity contribution < 1.29 is 0 Å². The number of benzene rings is 1. The molecule has 0 spiro atoms. The van der Waals surface area contributed by atoms with Gasteiger partial charge in [-0.2, -0.15) is 0 Å². The van der Waals surface area contributed by atoms with Crippen LogP contribution in [0.5, 0.6) is 0 Å². The molecule has 2 N–H and O–H groups in total. The summed E-state index contributed by atoms with van der Waals surface area (Å²) in [6, 6.07) is 7.22. The quantitative estimate of drug-likeness (QED) is 0.845. The Bertz CT molecular complexity index is 526. The van der Waals surface area contributed by atoms with Crippen LogP contribution in [0.3, 0.4) is 0 Å². The zero-order valence-corrected chi connectivity index (χ0v) is 10.8. The van der Waals surface area contributed by atoms with Crippen molar-refractivity contribution in [3.8, 4) is 0 Å². The molecule has 4 nitrogen and oxygen atoms in total. The smallest absolute Gasteiger partial charge is 0.0955 e. The summed E-state index contributed by atoms with van der Waals surface area (Å²) in [6.45, 7) is 3.31. The molecule has 2 aromatic rings. The molecule has 1 fully saturated rings. The third-order valence-corrected chi connectivity index (χ3v) is 3.70. The first kappa shape index (κ1) is 11.7. The van der Waals surface area contributed by atoms with E-state index in [2.05, 4.69) is 38.4 Å². The minimum Gasteiger partial charge on any atom is -0.334 e. The van der Waals surface area contributed by atoms with Gasteiger partial charge >= 0.3 is 0 Å². The molecule has 1 atom stereocenters. The van der Waals surface area contributed by atoms with Gasteiger partial charge < -0.3 is 15.2 Å². The SMILES string of the molecule is Cn1cnc2cc(CCNC3CCNC3)ccc21. The lowest BCUT2D eigenvalue weighted by Gasteiger charge is -2.10. The van der Waals surface area contributed by atoms with E-state index in [1.165, 1.54) is 17.5 Å². The van der Waals surface area contributed by atoms with E-state index in [4.69, 9.17) is 0 Å². The first-order valence-corrected chi connectivity index (χ1v) is 6.67. The minimum absolute atomic E-state index is 0.656. The fourth-order valence-electron chi connectivity index (χ4n) is 2.59. The lowest BCUT2D eigenvalue weighted by Crippen LogP contribution is -2.32. The Balaban J connectivity index is 1.60. The number of rotatable bonds is 4. The topological polar surface area (TPSA) is 41.9 Å². The van der Waals surface area contributed by atoms with Crippen LogP contribution < -0.4 is 10.6 Å². The van der Waals surface area contributed by atoms with Crippen LogP contribution in [0.1, 0.15) is 12.0 Å². The molecule has 1 unspecified atom stereocenters. The maximum absolute atomic E-state index is 4.40. The normalized spacial score (nSPS) is 19.7. The number of fused-ring (bicyclic) bond motifs is 1. The molecular weight excluding hydrogens is 224 g/mol. The van der Waals surface area contributed by atoms with Gasteiger partial charge in [0.15, 0.2) is 0 Å². The lowest BCUT2D eigenvalue weighted by atomic mass is 10.1. The van der Waals surface area contributed by atoms with Gasteiger partial charge in [0, 0.05) is 19.6 Å². The van der Waals surface area contributed by atoms with Gasteiger partial charge in [-0.25, -0.2) is 4.98 Å². The van der Waals surface area contributed by atoms with Gasteiger partial charge in [-0.3, -0.25) is 0 Å². The zero-order chi connectivity index (χ0) is 12.4. The van der Waals surface area contributed by atoms with Crippen molar-refractivity contribution in [1.29, 1.82) is 0 Å². The highest BCUT2D eigenvalue weighted by molar-refractivity contribution is 5.75. The molecule has 1 aliphatic rings. The lowest BCUT2D eigenvalue weighted by molar-refractivity contribution is 0.550. The highest BCUT2D eigenvalue weighted by Gasteiger charge is 2.12. The van der Waals surface area contributed by atoms with Crippen molar-refractivity contribution in [1.82, 2.24) is 20.2 Å². The monoisotopic (exact) mass is 244 g/mol. The Kier molecular flexibility index (Phi) is 3.30. The minimum atomic E-state index is 0.656. The summed E-state index contributed by atoms with van der Waals surface area (Å²) in [5.74, 6) is 0. The van der Waals surface area contributed by atoms with Crippen molar-refractivity contribution >= 4 is 11.0 Å². The molecular formula is C14H20N4. The number of hydrogen-bond donors (Lipinski definition) is 2. The Morgan fingerprint density at radius 3 is 3.28 bits per heavy atom. The van der Waals surface area contributed by atoms with E-state index < -0.39 is 0 Å². The van der Waals surface area contributed by atoms with Crippen LogP contribution in [0.25, 0.3) is 11.0 Å². The summed E-state index contributed by atoms with van der Waals surface area (Å²) >= 11 is 0. The van der Waals surface area contributed by atoms with Crippen LogP contribution in [0.4, 0.5) is 0 Å². The van der Waals surface area contributed by atoms with Gasteiger partial charge in [0.05, 0.1) is 17.4 Å². The molecule has 0 radical (unpaired) electrons. The Morgan fingerprint density at radius 1 is 1.50 bits per heavy atom. The molecule has 4 heteroatoms. The van der Waals surface area contributed by atoms with E-state index in [-0.39, 0.29) is 0 Å². The van der Waals surface area contributed by atoms with Gasteiger partial charge in [0.2, 0.25) is 0 Å². The van der Waals surface area contributed by atoms with Crippen LogP contribution in [0, 0.1) is 0 Å². The van der Waals surface area contributed by atoms with E-state index in [0.717, 1.165) is 31.6 Å². The first-order valence-electron chi connectivity index (χ1n) is 6.67. The summed E-state index contributed by atoms with van der Waals surface area (Å²) in [5, 5.41) is 6.97. The average molecular weight is 244 g/mol. The van der Waals surface area contributed by atoms with Gasteiger partial charge in [0.1, 0.15) is 0 Å². The molecule has 2 heterocycles.